The molecule has 0 atom stereocenters. The molecule has 3 aromatic carbocycles. The van der Waals surface area contributed by atoms with Crippen LogP contribution in [0.25, 0.3) is 10.2 Å². The predicted molar refractivity (Wildman–Crippen MR) is 113 cm³/mol. The van der Waals surface area contributed by atoms with Crippen LogP contribution in [0.2, 0.25) is 0 Å². The van der Waals surface area contributed by atoms with Crippen LogP contribution < -0.4 is 10.2 Å². The molecule has 0 aliphatic carbocycles. The zero-order valence-electron chi connectivity index (χ0n) is 14.9. The number of hydrogen-bond donors (Lipinski definition) is 1. The number of aryl methyl sites for hydroxylation is 1. The monoisotopic (exact) mass is 373 g/mol. The van der Waals surface area contributed by atoms with Crippen LogP contribution in [0.15, 0.2) is 77.9 Å². The number of ether oxygens (including phenoxy) is 1. The number of aromatic nitrogens is 1. The minimum atomic E-state index is 0.562. The van der Waals surface area contributed by atoms with Gasteiger partial charge in [-0.1, -0.05) is 53.3 Å². The molecule has 5 heteroatoms. The predicted octanol–water partition coefficient (Wildman–Crippen LogP) is 5.63. The highest BCUT2D eigenvalue weighted by Crippen LogP contribution is 2.25. The van der Waals surface area contributed by atoms with Crippen molar-refractivity contribution in [1.82, 2.24) is 4.98 Å². The highest BCUT2D eigenvalue weighted by atomic mass is 32.1. The Bertz CT molecular complexity index is 1020. The van der Waals surface area contributed by atoms with Gasteiger partial charge in [-0.25, -0.2) is 4.98 Å². The summed E-state index contributed by atoms with van der Waals surface area (Å²) in [6, 6.07) is 24.3. The van der Waals surface area contributed by atoms with E-state index in [1.807, 2.05) is 42.5 Å². The Morgan fingerprint density at radius 1 is 1.00 bits per heavy atom. The zero-order chi connectivity index (χ0) is 18.5. The van der Waals surface area contributed by atoms with Crippen LogP contribution in [-0.4, -0.2) is 11.2 Å². The summed E-state index contributed by atoms with van der Waals surface area (Å²) in [7, 11) is 0. The number of thiazole rings is 1. The molecular weight excluding hydrogens is 354 g/mol. The molecule has 0 aliphatic heterocycles. The lowest BCUT2D eigenvalue weighted by atomic mass is 10.2. The number of fused-ring (bicyclic) bond motifs is 1. The first-order chi connectivity index (χ1) is 13.3. The summed E-state index contributed by atoms with van der Waals surface area (Å²) >= 11 is 1.58. The molecule has 0 radical (unpaired) electrons. The largest absolute Gasteiger partial charge is 0.489 e. The molecule has 1 N–H and O–H groups in total. The maximum Gasteiger partial charge on any atom is 0.204 e. The Labute approximate surface area is 162 Å². The summed E-state index contributed by atoms with van der Waals surface area (Å²) in [6.45, 7) is 2.64. The van der Waals surface area contributed by atoms with Gasteiger partial charge in [-0.3, -0.25) is 5.43 Å². The fraction of sp³-hybridized carbons (Fsp3) is 0.0909. The molecule has 0 amide bonds. The maximum absolute atomic E-state index is 5.83. The first-order valence-corrected chi connectivity index (χ1v) is 9.51. The number of anilines is 1. The van der Waals surface area contributed by atoms with Crippen molar-refractivity contribution in [3.05, 3.63) is 89.5 Å². The molecular formula is C22H19N3OS. The smallest absolute Gasteiger partial charge is 0.204 e. The van der Waals surface area contributed by atoms with Crippen molar-refractivity contribution in [1.29, 1.82) is 0 Å². The molecule has 27 heavy (non-hydrogen) atoms. The van der Waals surface area contributed by atoms with E-state index in [1.54, 1.807) is 17.6 Å². The SMILES string of the molecule is Cc1ccc(COc2ccc(/C=N\Nc3nc4ccccc4s3)cc2)cc1. The Morgan fingerprint density at radius 3 is 2.56 bits per heavy atom. The van der Waals surface area contributed by atoms with Gasteiger partial charge in [0.2, 0.25) is 5.13 Å². The normalized spacial score (nSPS) is 11.1. The van der Waals surface area contributed by atoms with Crippen LogP contribution >= 0.6 is 11.3 Å². The average molecular weight is 373 g/mol. The minimum absolute atomic E-state index is 0.562. The molecule has 0 fully saturated rings. The first-order valence-electron chi connectivity index (χ1n) is 8.69. The number of hydrazone groups is 1. The first kappa shape index (κ1) is 17.2. The van der Waals surface area contributed by atoms with E-state index in [-0.39, 0.29) is 0 Å². The highest BCUT2D eigenvalue weighted by Gasteiger charge is 2.01. The summed E-state index contributed by atoms with van der Waals surface area (Å²) in [6.07, 6.45) is 1.77. The van der Waals surface area contributed by atoms with Crippen molar-refractivity contribution >= 4 is 32.9 Å². The number of hydrogen-bond acceptors (Lipinski definition) is 5. The van der Waals surface area contributed by atoms with Crippen LogP contribution in [0, 0.1) is 6.92 Å². The Morgan fingerprint density at radius 2 is 1.78 bits per heavy atom. The van der Waals surface area contributed by atoms with Gasteiger partial charge in [-0.15, -0.1) is 0 Å². The molecule has 0 saturated heterocycles. The second-order valence-corrected chi connectivity index (χ2v) is 7.23. The number of nitrogens with zero attached hydrogens (tertiary/aromatic N) is 2. The second kappa shape index (κ2) is 8.01. The van der Waals surface area contributed by atoms with E-state index in [1.165, 1.54) is 5.56 Å². The van der Waals surface area contributed by atoms with E-state index < -0.39 is 0 Å². The van der Waals surface area contributed by atoms with Crippen molar-refractivity contribution < 1.29 is 4.74 Å². The third-order valence-electron chi connectivity index (χ3n) is 4.07. The number of nitrogens with one attached hydrogen (secondary N) is 1. The van der Waals surface area contributed by atoms with Crippen molar-refractivity contribution in [2.75, 3.05) is 5.43 Å². The van der Waals surface area contributed by atoms with E-state index >= 15 is 0 Å². The number of rotatable bonds is 6. The molecule has 0 unspecified atom stereocenters. The van der Waals surface area contributed by atoms with Crippen molar-refractivity contribution in [2.24, 2.45) is 5.10 Å². The second-order valence-electron chi connectivity index (χ2n) is 6.20. The summed E-state index contributed by atoms with van der Waals surface area (Å²) < 4.78 is 6.97. The molecule has 1 heterocycles. The van der Waals surface area contributed by atoms with Crippen molar-refractivity contribution in [3.8, 4) is 5.75 Å². The van der Waals surface area contributed by atoms with Crippen LogP contribution in [0.1, 0.15) is 16.7 Å². The molecule has 0 bridgehead atoms. The van der Waals surface area contributed by atoms with Gasteiger partial charge in [0.25, 0.3) is 0 Å². The van der Waals surface area contributed by atoms with Gasteiger partial charge in [0.15, 0.2) is 0 Å². The topological polar surface area (TPSA) is 46.5 Å². The van der Waals surface area contributed by atoms with Gasteiger partial charge in [-0.05, 0) is 54.4 Å². The van der Waals surface area contributed by atoms with Gasteiger partial charge in [0, 0.05) is 0 Å². The minimum Gasteiger partial charge on any atom is -0.489 e. The molecule has 0 saturated carbocycles. The molecule has 134 valence electrons. The Balaban J connectivity index is 1.33. The molecule has 0 spiro atoms. The van der Waals surface area contributed by atoms with Crippen molar-refractivity contribution in [3.63, 3.8) is 0 Å². The maximum atomic E-state index is 5.83. The number of para-hydroxylation sites is 1. The van der Waals surface area contributed by atoms with Crippen molar-refractivity contribution in [2.45, 2.75) is 13.5 Å². The lowest BCUT2D eigenvalue weighted by Crippen LogP contribution is -1.95. The lowest BCUT2D eigenvalue weighted by Gasteiger charge is -2.06. The van der Waals surface area contributed by atoms with E-state index in [0.29, 0.717) is 6.61 Å². The van der Waals surface area contributed by atoms with E-state index in [0.717, 1.165) is 32.2 Å². The highest BCUT2D eigenvalue weighted by molar-refractivity contribution is 7.22. The van der Waals surface area contributed by atoms with Gasteiger partial charge in [-0.2, -0.15) is 5.10 Å². The van der Waals surface area contributed by atoms with Gasteiger partial charge in [0.05, 0.1) is 16.4 Å². The number of benzene rings is 3. The summed E-state index contributed by atoms with van der Waals surface area (Å²) in [5.41, 5.74) is 7.38. The summed E-state index contributed by atoms with van der Waals surface area (Å²) in [5.74, 6) is 0.840. The lowest BCUT2D eigenvalue weighted by molar-refractivity contribution is 0.306. The van der Waals surface area contributed by atoms with Crippen LogP contribution in [0.3, 0.4) is 0 Å². The third kappa shape index (κ3) is 4.51. The zero-order valence-corrected chi connectivity index (χ0v) is 15.7. The van der Waals surface area contributed by atoms with Crippen LogP contribution in [-0.2, 0) is 6.61 Å². The fourth-order valence-electron chi connectivity index (χ4n) is 2.58. The standard InChI is InChI=1S/C22H19N3OS/c1-16-6-8-18(9-7-16)15-26-19-12-10-17(11-13-19)14-23-25-22-24-20-4-2-3-5-21(20)27-22/h2-14H,15H2,1H3,(H,24,25)/b23-14-. The molecule has 0 aliphatic rings. The third-order valence-corrected chi connectivity index (χ3v) is 5.01. The quantitative estimate of drug-likeness (QED) is 0.352. The summed E-state index contributed by atoms with van der Waals surface area (Å²) in [5, 5.41) is 5.05. The molecule has 4 rings (SSSR count). The van der Waals surface area contributed by atoms with Gasteiger partial charge in [0.1, 0.15) is 12.4 Å². The Hall–Kier alpha value is -3.18. The van der Waals surface area contributed by atoms with Crippen LogP contribution in [0.5, 0.6) is 5.75 Å². The fourth-order valence-corrected chi connectivity index (χ4v) is 3.40. The summed E-state index contributed by atoms with van der Waals surface area (Å²) in [4.78, 5) is 4.49. The molecule has 1 aromatic heterocycles. The molecule has 4 aromatic rings. The Kier molecular flexibility index (Phi) is 5.12. The van der Waals surface area contributed by atoms with E-state index in [2.05, 4.69) is 52.8 Å². The van der Waals surface area contributed by atoms with Crippen LogP contribution in [0.4, 0.5) is 5.13 Å². The average Bonchev–Trinajstić information content (AvgIpc) is 3.11. The van der Waals surface area contributed by atoms with Gasteiger partial charge < -0.3 is 4.74 Å². The van der Waals surface area contributed by atoms with E-state index in [9.17, 15) is 0 Å². The molecule has 4 nitrogen and oxygen atoms in total. The van der Waals surface area contributed by atoms with Gasteiger partial charge >= 0.3 is 0 Å². The van der Waals surface area contributed by atoms with E-state index in [4.69, 9.17) is 4.74 Å².